The molecule has 2 aromatic rings. The zero-order valence-corrected chi connectivity index (χ0v) is 13.6. The summed E-state index contributed by atoms with van der Waals surface area (Å²) in [5.74, 6) is -0.461. The van der Waals surface area contributed by atoms with Crippen molar-refractivity contribution in [2.45, 2.75) is 38.8 Å². The average Bonchev–Trinajstić information content (AvgIpc) is 2.60. The maximum Gasteiger partial charge on any atom is 0.416 e. The Balaban J connectivity index is 2.02. The van der Waals surface area contributed by atoms with Gasteiger partial charge in [-0.2, -0.15) is 13.2 Å². The lowest BCUT2D eigenvalue weighted by atomic mass is 9.90. The van der Waals surface area contributed by atoms with Gasteiger partial charge in [-0.1, -0.05) is 19.1 Å². The van der Waals surface area contributed by atoms with E-state index in [1.165, 1.54) is 0 Å². The third kappa shape index (κ3) is 3.34. The Hall–Kier alpha value is -2.50. The smallest absolute Gasteiger partial charge is 0.294 e. The molecule has 0 aliphatic heterocycles. The quantitative estimate of drug-likeness (QED) is 0.773. The minimum atomic E-state index is -4.45. The van der Waals surface area contributed by atoms with E-state index in [-0.39, 0.29) is 16.9 Å². The lowest BCUT2D eigenvalue weighted by molar-refractivity contribution is -0.137. The van der Waals surface area contributed by atoms with Crippen LogP contribution in [0.4, 0.5) is 13.2 Å². The largest absolute Gasteiger partial charge is 0.416 e. The molecule has 1 aromatic carbocycles. The van der Waals surface area contributed by atoms with Crippen molar-refractivity contribution in [3.8, 4) is 0 Å². The van der Waals surface area contributed by atoms with Gasteiger partial charge in [-0.15, -0.1) is 0 Å². The summed E-state index contributed by atoms with van der Waals surface area (Å²) in [6.07, 6.45) is -2.08. The summed E-state index contributed by atoms with van der Waals surface area (Å²) in [7, 11) is 0. The summed E-state index contributed by atoms with van der Waals surface area (Å²) >= 11 is 0. The number of halogens is 3. The number of aromatic nitrogens is 1. The molecule has 25 heavy (non-hydrogen) atoms. The Morgan fingerprint density at radius 1 is 1.16 bits per heavy atom. The molecule has 0 saturated heterocycles. The molecule has 1 heterocycles. The van der Waals surface area contributed by atoms with Gasteiger partial charge in [0, 0.05) is 23.1 Å². The van der Waals surface area contributed by atoms with E-state index in [1.54, 1.807) is 6.07 Å². The van der Waals surface area contributed by atoms with Crippen molar-refractivity contribution in [2.75, 3.05) is 0 Å². The highest BCUT2D eigenvalue weighted by atomic mass is 19.4. The minimum Gasteiger partial charge on any atom is -0.294 e. The van der Waals surface area contributed by atoms with Crippen molar-refractivity contribution >= 4 is 11.6 Å². The molecule has 3 rings (SSSR count). The number of carbonyl (C=O) groups excluding carboxylic acids is 2. The number of carbonyl (C=O) groups is 2. The maximum absolute atomic E-state index is 12.7. The zero-order valence-electron chi connectivity index (χ0n) is 13.6. The first kappa shape index (κ1) is 17.3. The Morgan fingerprint density at radius 2 is 1.84 bits per heavy atom. The highest BCUT2D eigenvalue weighted by molar-refractivity contribution is 6.11. The lowest BCUT2D eigenvalue weighted by Crippen LogP contribution is -2.17. The molecule has 0 fully saturated rings. The first-order valence-electron chi connectivity index (χ1n) is 8.09. The van der Waals surface area contributed by atoms with Gasteiger partial charge in [0.15, 0.2) is 11.6 Å². The number of rotatable bonds is 3. The molecule has 0 unspecified atom stereocenters. The Kier molecular flexibility index (Phi) is 4.45. The van der Waals surface area contributed by atoms with Crippen LogP contribution in [0.1, 0.15) is 63.0 Å². The van der Waals surface area contributed by atoms with E-state index in [4.69, 9.17) is 0 Å². The van der Waals surface area contributed by atoms with Crippen LogP contribution in [0.3, 0.4) is 0 Å². The number of Topliss-reactive ketones (excluding diaryl/α,β-unsaturated/α-hetero) is 1. The summed E-state index contributed by atoms with van der Waals surface area (Å²) in [5, 5.41) is 0. The van der Waals surface area contributed by atoms with Crippen molar-refractivity contribution in [3.63, 3.8) is 0 Å². The second-order valence-electron chi connectivity index (χ2n) is 6.01. The van der Waals surface area contributed by atoms with E-state index < -0.39 is 17.5 Å². The second kappa shape index (κ2) is 6.43. The van der Waals surface area contributed by atoms with Gasteiger partial charge in [-0.05, 0) is 37.5 Å². The molecule has 0 bridgehead atoms. The van der Waals surface area contributed by atoms with Crippen molar-refractivity contribution in [2.24, 2.45) is 0 Å². The number of alkyl halides is 3. The van der Waals surface area contributed by atoms with E-state index in [2.05, 4.69) is 4.98 Å². The fraction of sp³-hybridized carbons (Fsp3) is 0.316. The Labute approximate surface area is 142 Å². The van der Waals surface area contributed by atoms with Crippen LogP contribution < -0.4 is 0 Å². The molecule has 0 atom stereocenters. The number of pyridine rings is 1. The number of benzene rings is 1. The molecule has 1 aliphatic carbocycles. The normalized spacial score (nSPS) is 14.3. The second-order valence-corrected chi connectivity index (χ2v) is 6.01. The van der Waals surface area contributed by atoms with Crippen LogP contribution >= 0.6 is 0 Å². The zero-order chi connectivity index (χ0) is 18.2. The molecule has 0 amide bonds. The molecular formula is C19H16F3NO2. The summed E-state index contributed by atoms with van der Waals surface area (Å²) < 4.78 is 38.0. The van der Waals surface area contributed by atoms with Crippen LogP contribution in [-0.2, 0) is 19.0 Å². The van der Waals surface area contributed by atoms with Gasteiger partial charge >= 0.3 is 6.18 Å². The van der Waals surface area contributed by atoms with Gasteiger partial charge in [0.1, 0.15) is 0 Å². The van der Waals surface area contributed by atoms with E-state index in [9.17, 15) is 22.8 Å². The van der Waals surface area contributed by atoms with Crippen molar-refractivity contribution < 1.29 is 22.8 Å². The predicted molar refractivity (Wildman–Crippen MR) is 85.8 cm³/mol. The molecule has 0 radical (unpaired) electrons. The SMILES string of the molecule is CCc1nc2c(cc1C(=O)c1ccc(C(F)(F)F)cc1)C(=O)CCC2. The van der Waals surface area contributed by atoms with Gasteiger partial charge in [0.05, 0.1) is 17.0 Å². The standard InChI is InChI=1S/C19H16F3NO2/c1-2-15-14(10-13-16(23-15)4-3-5-17(13)24)18(25)11-6-8-12(9-7-11)19(20,21)22/h6-10H,2-5H2,1H3. The molecule has 1 aromatic heterocycles. The van der Waals surface area contributed by atoms with Crippen molar-refractivity contribution in [1.82, 2.24) is 4.98 Å². The van der Waals surface area contributed by atoms with E-state index in [0.717, 1.165) is 30.7 Å². The average molecular weight is 347 g/mol. The fourth-order valence-corrected chi connectivity index (χ4v) is 3.01. The van der Waals surface area contributed by atoms with Crippen LogP contribution in [0.2, 0.25) is 0 Å². The molecule has 0 N–H and O–H groups in total. The predicted octanol–water partition coefficient (Wildman–Crippen LogP) is 4.41. The maximum atomic E-state index is 12.7. The van der Waals surface area contributed by atoms with Crippen LogP contribution in [0.25, 0.3) is 0 Å². The number of aryl methyl sites for hydroxylation is 2. The first-order valence-corrected chi connectivity index (χ1v) is 8.09. The highest BCUT2D eigenvalue weighted by Crippen LogP contribution is 2.30. The Bertz CT molecular complexity index is 839. The fourth-order valence-electron chi connectivity index (χ4n) is 3.01. The molecule has 6 heteroatoms. The third-order valence-corrected chi connectivity index (χ3v) is 4.35. The summed E-state index contributed by atoms with van der Waals surface area (Å²) in [4.78, 5) is 29.3. The summed E-state index contributed by atoms with van der Waals surface area (Å²) in [6, 6.07) is 5.64. The minimum absolute atomic E-state index is 0.0436. The third-order valence-electron chi connectivity index (χ3n) is 4.35. The van der Waals surface area contributed by atoms with Gasteiger partial charge in [0.25, 0.3) is 0 Å². The lowest BCUT2D eigenvalue weighted by Gasteiger charge is -2.17. The Morgan fingerprint density at radius 3 is 2.44 bits per heavy atom. The molecule has 1 aliphatic rings. The van der Waals surface area contributed by atoms with Crippen LogP contribution in [-0.4, -0.2) is 16.6 Å². The molecule has 0 saturated carbocycles. The van der Waals surface area contributed by atoms with Gasteiger partial charge < -0.3 is 0 Å². The van der Waals surface area contributed by atoms with Crippen LogP contribution in [0, 0.1) is 0 Å². The molecular weight excluding hydrogens is 331 g/mol. The van der Waals surface area contributed by atoms with Gasteiger partial charge in [-0.3, -0.25) is 14.6 Å². The summed E-state index contributed by atoms with van der Waals surface area (Å²) in [6.45, 7) is 1.85. The number of nitrogens with zero attached hydrogens (tertiary/aromatic N) is 1. The van der Waals surface area contributed by atoms with Crippen molar-refractivity contribution in [1.29, 1.82) is 0 Å². The van der Waals surface area contributed by atoms with Crippen LogP contribution in [0.15, 0.2) is 30.3 Å². The van der Waals surface area contributed by atoms with E-state index in [0.29, 0.717) is 36.2 Å². The monoisotopic (exact) mass is 347 g/mol. The molecule has 0 spiro atoms. The first-order chi connectivity index (χ1) is 11.8. The number of fused-ring (bicyclic) bond motifs is 1. The summed E-state index contributed by atoms with van der Waals surface area (Å²) in [5.41, 5.74) is 1.36. The van der Waals surface area contributed by atoms with E-state index >= 15 is 0 Å². The molecule has 130 valence electrons. The van der Waals surface area contributed by atoms with Crippen molar-refractivity contribution in [3.05, 3.63) is 64.0 Å². The van der Waals surface area contributed by atoms with E-state index in [1.807, 2.05) is 6.92 Å². The molecule has 3 nitrogen and oxygen atoms in total. The van der Waals surface area contributed by atoms with Gasteiger partial charge in [-0.25, -0.2) is 0 Å². The van der Waals surface area contributed by atoms with Crippen LogP contribution in [0.5, 0.6) is 0 Å². The topological polar surface area (TPSA) is 47.0 Å². The highest BCUT2D eigenvalue weighted by Gasteiger charge is 2.30. The number of ketones is 2. The van der Waals surface area contributed by atoms with Gasteiger partial charge in [0.2, 0.25) is 0 Å². The number of hydrogen-bond donors (Lipinski definition) is 0. The number of hydrogen-bond acceptors (Lipinski definition) is 3.